The number of nitrogens with one attached hydrogen (secondary N) is 2. The van der Waals surface area contributed by atoms with Crippen molar-refractivity contribution in [3.05, 3.63) is 58.1 Å². The third kappa shape index (κ3) is 4.08. The summed E-state index contributed by atoms with van der Waals surface area (Å²) in [6.45, 7) is 8.16. The monoisotopic (exact) mass is 366 g/mol. The maximum absolute atomic E-state index is 12.1. The lowest BCUT2D eigenvalue weighted by atomic mass is 10.1. The highest BCUT2D eigenvalue weighted by Crippen LogP contribution is 2.22. The highest BCUT2D eigenvalue weighted by Gasteiger charge is 2.08. The second-order valence-electron chi connectivity index (χ2n) is 6.35. The fraction of sp³-hybridized carbons (Fsp3) is 0.250. The fourth-order valence-electron chi connectivity index (χ4n) is 2.89. The van der Waals surface area contributed by atoms with Gasteiger partial charge in [0.25, 0.3) is 5.91 Å². The second-order valence-corrected chi connectivity index (χ2v) is 7.38. The Hall–Kier alpha value is -2.73. The number of benzene rings is 2. The Morgan fingerprint density at radius 3 is 2.54 bits per heavy atom. The molecule has 3 aromatic rings. The van der Waals surface area contributed by atoms with Gasteiger partial charge in [-0.25, -0.2) is 10.4 Å². The van der Waals surface area contributed by atoms with E-state index in [1.165, 1.54) is 5.56 Å². The highest BCUT2D eigenvalue weighted by molar-refractivity contribution is 7.20. The van der Waals surface area contributed by atoms with Gasteiger partial charge in [0.05, 0.1) is 22.5 Å². The first-order valence-electron chi connectivity index (χ1n) is 8.45. The third-order valence-electron chi connectivity index (χ3n) is 4.05. The van der Waals surface area contributed by atoms with Crippen molar-refractivity contribution in [2.75, 3.05) is 11.9 Å². The van der Waals surface area contributed by atoms with Crippen molar-refractivity contribution in [3.63, 3.8) is 0 Å². The molecule has 0 saturated carbocycles. The first-order valence-corrected chi connectivity index (χ1v) is 9.26. The molecule has 2 N–H and O–H groups in total. The molecule has 0 unspecified atom stereocenters. The van der Waals surface area contributed by atoms with Gasteiger partial charge < -0.3 is 5.32 Å². The lowest BCUT2D eigenvalue weighted by Gasteiger charge is -2.13. The predicted octanol–water partition coefficient (Wildman–Crippen LogP) is 4.17. The molecule has 3 rings (SSSR count). The maximum Gasteiger partial charge on any atom is 0.259 e. The molecule has 0 aliphatic carbocycles. The van der Waals surface area contributed by atoms with Crippen LogP contribution in [0, 0.1) is 20.8 Å². The lowest BCUT2D eigenvalue weighted by molar-refractivity contribution is -0.119. The van der Waals surface area contributed by atoms with E-state index in [-0.39, 0.29) is 12.5 Å². The number of aryl methyl sites for hydroxylation is 3. The van der Waals surface area contributed by atoms with E-state index in [9.17, 15) is 4.79 Å². The summed E-state index contributed by atoms with van der Waals surface area (Å²) in [5, 5.41) is 8.19. The molecule has 0 radical (unpaired) electrons. The van der Waals surface area contributed by atoms with E-state index in [1.807, 2.05) is 45.0 Å². The van der Waals surface area contributed by atoms with Crippen molar-refractivity contribution in [1.82, 2.24) is 10.4 Å². The van der Waals surface area contributed by atoms with Crippen molar-refractivity contribution >= 4 is 38.9 Å². The Kier molecular flexibility index (Phi) is 5.32. The van der Waals surface area contributed by atoms with Crippen LogP contribution in [0.3, 0.4) is 0 Å². The summed E-state index contributed by atoms with van der Waals surface area (Å²) in [6, 6.07) is 12.1. The van der Waals surface area contributed by atoms with E-state index in [4.69, 9.17) is 0 Å². The van der Waals surface area contributed by atoms with E-state index in [0.29, 0.717) is 5.71 Å². The summed E-state index contributed by atoms with van der Waals surface area (Å²) >= 11 is 1.56. The molecule has 1 heterocycles. The van der Waals surface area contributed by atoms with Crippen LogP contribution in [0.1, 0.15) is 28.6 Å². The van der Waals surface area contributed by atoms with Crippen molar-refractivity contribution in [3.8, 4) is 0 Å². The number of rotatable bonds is 5. The van der Waals surface area contributed by atoms with Crippen LogP contribution in [0.25, 0.3) is 10.2 Å². The number of nitrogens with zero attached hydrogens (tertiary/aromatic N) is 2. The molecule has 6 heteroatoms. The van der Waals surface area contributed by atoms with Crippen LogP contribution in [-0.4, -0.2) is 23.1 Å². The van der Waals surface area contributed by atoms with Gasteiger partial charge in [-0.1, -0.05) is 29.8 Å². The smallest absolute Gasteiger partial charge is 0.259 e. The number of amides is 1. The Balaban J connectivity index is 1.62. The van der Waals surface area contributed by atoms with Gasteiger partial charge in [-0.2, -0.15) is 5.10 Å². The van der Waals surface area contributed by atoms with E-state index < -0.39 is 0 Å². The zero-order valence-corrected chi connectivity index (χ0v) is 16.2. The van der Waals surface area contributed by atoms with Crippen molar-refractivity contribution in [2.45, 2.75) is 27.7 Å². The molecule has 134 valence electrons. The van der Waals surface area contributed by atoms with Gasteiger partial charge in [-0.15, -0.1) is 11.3 Å². The van der Waals surface area contributed by atoms with Gasteiger partial charge in [-0.3, -0.25) is 4.79 Å². The second kappa shape index (κ2) is 7.66. The van der Waals surface area contributed by atoms with Gasteiger partial charge in [0.2, 0.25) is 0 Å². The number of aromatic nitrogens is 1. The predicted molar refractivity (Wildman–Crippen MR) is 109 cm³/mol. The quantitative estimate of drug-likeness (QED) is 0.526. The van der Waals surface area contributed by atoms with Crippen LogP contribution < -0.4 is 10.7 Å². The van der Waals surface area contributed by atoms with Gasteiger partial charge in [0.15, 0.2) is 0 Å². The molecule has 1 aromatic heterocycles. The zero-order valence-electron chi connectivity index (χ0n) is 15.4. The molecule has 0 atom stereocenters. The number of carbonyl (C=O) groups excluding carboxylic acids is 1. The normalized spacial score (nSPS) is 11.6. The minimum absolute atomic E-state index is 0.168. The molecule has 0 aliphatic rings. The molecule has 0 saturated heterocycles. The summed E-state index contributed by atoms with van der Waals surface area (Å²) in [5.74, 6) is -0.190. The SMILES string of the molecule is C/C(=N/NC(=O)CNc1c(C)cc(C)cc1C)c1nc2ccccc2s1. The molecule has 0 fully saturated rings. The van der Waals surface area contributed by atoms with Crippen molar-refractivity contribution in [1.29, 1.82) is 0 Å². The summed E-state index contributed by atoms with van der Waals surface area (Å²) in [4.78, 5) is 16.7. The summed E-state index contributed by atoms with van der Waals surface area (Å²) < 4.78 is 1.11. The van der Waals surface area contributed by atoms with Gasteiger partial charge in [-0.05, 0) is 51.0 Å². The lowest BCUT2D eigenvalue weighted by Crippen LogP contribution is -2.27. The minimum atomic E-state index is -0.190. The third-order valence-corrected chi connectivity index (χ3v) is 5.20. The largest absolute Gasteiger partial charge is 0.376 e. The first-order chi connectivity index (χ1) is 12.4. The molecule has 26 heavy (non-hydrogen) atoms. The van der Waals surface area contributed by atoms with E-state index in [2.05, 4.69) is 39.9 Å². The number of para-hydroxylation sites is 1. The van der Waals surface area contributed by atoms with Crippen molar-refractivity contribution < 1.29 is 4.79 Å². The number of hydrogen-bond acceptors (Lipinski definition) is 5. The Bertz CT molecular complexity index is 934. The molecule has 5 nitrogen and oxygen atoms in total. The number of hydrazone groups is 1. The zero-order chi connectivity index (χ0) is 18.7. The molecule has 0 aliphatic heterocycles. The Morgan fingerprint density at radius 1 is 1.15 bits per heavy atom. The van der Waals surface area contributed by atoms with E-state index in [1.54, 1.807) is 11.3 Å². The standard InChI is InChI=1S/C20H22N4OS/c1-12-9-13(2)19(14(3)10-12)21-11-18(25)24-23-15(4)20-22-16-7-5-6-8-17(16)26-20/h5-10,21H,11H2,1-4H3,(H,24,25)/b23-15-. The van der Waals surface area contributed by atoms with Crippen LogP contribution in [0.5, 0.6) is 0 Å². The van der Waals surface area contributed by atoms with Crippen LogP contribution in [0.15, 0.2) is 41.5 Å². The van der Waals surface area contributed by atoms with E-state index >= 15 is 0 Å². The molecule has 1 amide bonds. The summed E-state index contributed by atoms with van der Waals surface area (Å²) in [6.07, 6.45) is 0. The highest BCUT2D eigenvalue weighted by atomic mass is 32.1. The fourth-order valence-corrected chi connectivity index (χ4v) is 3.80. The number of thiazole rings is 1. The topological polar surface area (TPSA) is 66.4 Å². The van der Waals surface area contributed by atoms with Crippen LogP contribution >= 0.6 is 11.3 Å². The van der Waals surface area contributed by atoms with E-state index in [0.717, 1.165) is 32.0 Å². The average Bonchev–Trinajstić information content (AvgIpc) is 3.03. The molecular weight excluding hydrogens is 344 g/mol. The maximum atomic E-state index is 12.1. The Morgan fingerprint density at radius 2 is 1.85 bits per heavy atom. The van der Waals surface area contributed by atoms with Crippen molar-refractivity contribution in [2.24, 2.45) is 5.10 Å². The number of hydrogen-bond donors (Lipinski definition) is 2. The van der Waals surface area contributed by atoms with Crippen LogP contribution in [0.2, 0.25) is 0 Å². The average molecular weight is 366 g/mol. The van der Waals surface area contributed by atoms with Gasteiger partial charge in [0.1, 0.15) is 5.01 Å². The number of fused-ring (bicyclic) bond motifs is 1. The Labute approximate surface area is 157 Å². The van der Waals surface area contributed by atoms with Crippen LogP contribution in [0.4, 0.5) is 5.69 Å². The molecule has 2 aromatic carbocycles. The number of carbonyl (C=O) groups is 1. The number of anilines is 1. The van der Waals surface area contributed by atoms with Gasteiger partial charge in [0, 0.05) is 5.69 Å². The summed E-state index contributed by atoms with van der Waals surface area (Å²) in [7, 11) is 0. The molecule has 0 bridgehead atoms. The van der Waals surface area contributed by atoms with Crippen LogP contribution in [-0.2, 0) is 4.79 Å². The molecule has 0 spiro atoms. The molecular formula is C20H22N4OS. The van der Waals surface area contributed by atoms with Gasteiger partial charge >= 0.3 is 0 Å². The first kappa shape index (κ1) is 18.1. The summed E-state index contributed by atoms with van der Waals surface area (Å²) in [5.41, 5.74) is 8.71. The minimum Gasteiger partial charge on any atom is -0.376 e.